The molecule has 0 aromatic heterocycles. The molecule has 1 aliphatic rings. The smallest absolute Gasteiger partial charge is 0.268 e. The fraction of sp³-hybridized carbons (Fsp3) is 0.130. The van der Waals surface area contributed by atoms with Crippen molar-refractivity contribution in [3.63, 3.8) is 0 Å². The van der Waals surface area contributed by atoms with E-state index in [0.29, 0.717) is 11.4 Å². The molecule has 3 nitrogen and oxygen atoms in total. The van der Waals surface area contributed by atoms with Gasteiger partial charge in [0, 0.05) is 0 Å². The molecule has 0 aliphatic carbocycles. The number of fused-ring (bicyclic) bond motifs is 1. The number of benzene rings is 3. The minimum atomic E-state index is -0.224. The standard InChI is InChI=1S/C23H19NO2S/c1-2-16-7-9-17(10-8-16)14-21-22(25)24(23(26)27-21)15-18-11-12-19-5-3-4-6-20(19)13-18/h3-14H,2,15H2,1H3/b21-14-. The van der Waals surface area contributed by atoms with Gasteiger partial charge in [-0.15, -0.1) is 0 Å². The summed E-state index contributed by atoms with van der Waals surface area (Å²) in [6.07, 6.45) is 2.77. The molecular weight excluding hydrogens is 354 g/mol. The van der Waals surface area contributed by atoms with Crippen LogP contribution in [0.4, 0.5) is 4.79 Å². The maximum absolute atomic E-state index is 12.7. The molecule has 1 saturated heterocycles. The lowest BCUT2D eigenvalue weighted by molar-refractivity contribution is -0.123. The molecule has 134 valence electrons. The Kier molecular flexibility index (Phi) is 4.82. The average Bonchev–Trinajstić information content (AvgIpc) is 2.96. The Morgan fingerprint density at radius 1 is 0.889 bits per heavy atom. The van der Waals surface area contributed by atoms with E-state index in [0.717, 1.165) is 40.1 Å². The molecule has 1 aliphatic heterocycles. The molecule has 2 amide bonds. The van der Waals surface area contributed by atoms with Gasteiger partial charge in [-0.25, -0.2) is 0 Å². The van der Waals surface area contributed by atoms with E-state index < -0.39 is 0 Å². The van der Waals surface area contributed by atoms with Crippen molar-refractivity contribution >= 4 is 39.8 Å². The predicted octanol–water partition coefficient (Wildman–Crippen LogP) is 5.64. The third kappa shape index (κ3) is 3.67. The Balaban J connectivity index is 1.55. The summed E-state index contributed by atoms with van der Waals surface area (Å²) in [7, 11) is 0. The lowest BCUT2D eigenvalue weighted by Gasteiger charge is -2.13. The first-order valence-corrected chi connectivity index (χ1v) is 9.77. The van der Waals surface area contributed by atoms with Crippen LogP contribution in [0.3, 0.4) is 0 Å². The second-order valence-corrected chi connectivity index (χ2v) is 7.54. The van der Waals surface area contributed by atoms with Crippen LogP contribution >= 0.6 is 11.8 Å². The lowest BCUT2D eigenvalue weighted by Crippen LogP contribution is -2.27. The van der Waals surface area contributed by atoms with Crippen molar-refractivity contribution in [3.05, 3.63) is 88.3 Å². The first kappa shape index (κ1) is 17.6. The largest absolute Gasteiger partial charge is 0.293 e. The molecule has 3 aromatic rings. The van der Waals surface area contributed by atoms with E-state index in [9.17, 15) is 9.59 Å². The molecule has 0 unspecified atom stereocenters. The van der Waals surface area contributed by atoms with Gasteiger partial charge in [-0.2, -0.15) is 0 Å². The Morgan fingerprint density at radius 3 is 2.33 bits per heavy atom. The third-order valence-electron chi connectivity index (χ3n) is 4.71. The van der Waals surface area contributed by atoms with Gasteiger partial charge in [-0.3, -0.25) is 14.5 Å². The zero-order valence-electron chi connectivity index (χ0n) is 15.0. The summed E-state index contributed by atoms with van der Waals surface area (Å²) in [6, 6.07) is 22.1. The molecule has 27 heavy (non-hydrogen) atoms. The Hall–Kier alpha value is -2.85. The van der Waals surface area contributed by atoms with Crippen molar-refractivity contribution in [1.29, 1.82) is 0 Å². The van der Waals surface area contributed by atoms with Gasteiger partial charge in [0.1, 0.15) is 0 Å². The van der Waals surface area contributed by atoms with E-state index in [4.69, 9.17) is 0 Å². The van der Waals surface area contributed by atoms with Gasteiger partial charge in [-0.05, 0) is 57.8 Å². The van der Waals surface area contributed by atoms with Crippen LogP contribution in [0.2, 0.25) is 0 Å². The fourth-order valence-electron chi connectivity index (χ4n) is 3.16. The molecule has 4 rings (SSSR count). The third-order valence-corrected chi connectivity index (χ3v) is 5.62. The number of amides is 2. The highest BCUT2D eigenvalue weighted by Crippen LogP contribution is 2.33. The van der Waals surface area contributed by atoms with Gasteiger partial charge in [0.2, 0.25) is 0 Å². The molecule has 0 bridgehead atoms. The van der Waals surface area contributed by atoms with Crippen LogP contribution in [-0.2, 0) is 17.8 Å². The quantitative estimate of drug-likeness (QED) is 0.556. The van der Waals surface area contributed by atoms with Crippen LogP contribution in [0, 0.1) is 0 Å². The molecule has 1 fully saturated rings. The molecule has 4 heteroatoms. The SMILES string of the molecule is CCc1ccc(/C=C2\SC(=O)N(Cc3ccc4ccccc4c3)C2=O)cc1. The molecule has 0 radical (unpaired) electrons. The van der Waals surface area contributed by atoms with Crippen molar-refractivity contribution in [2.24, 2.45) is 0 Å². The van der Waals surface area contributed by atoms with Gasteiger partial charge in [-0.1, -0.05) is 67.6 Å². The van der Waals surface area contributed by atoms with E-state index in [1.807, 2.05) is 66.7 Å². The first-order chi connectivity index (χ1) is 13.1. The van der Waals surface area contributed by atoms with Crippen molar-refractivity contribution in [2.45, 2.75) is 19.9 Å². The van der Waals surface area contributed by atoms with Crippen LogP contribution in [0.1, 0.15) is 23.6 Å². The summed E-state index contributed by atoms with van der Waals surface area (Å²) in [4.78, 5) is 26.9. The highest BCUT2D eigenvalue weighted by molar-refractivity contribution is 8.18. The first-order valence-electron chi connectivity index (χ1n) is 8.96. The van der Waals surface area contributed by atoms with Crippen molar-refractivity contribution < 1.29 is 9.59 Å². The second kappa shape index (κ2) is 7.41. The van der Waals surface area contributed by atoms with Gasteiger partial charge in [0.05, 0.1) is 11.4 Å². The molecule has 0 saturated carbocycles. The average molecular weight is 373 g/mol. The van der Waals surface area contributed by atoms with E-state index in [2.05, 4.69) is 6.92 Å². The molecule has 0 spiro atoms. The van der Waals surface area contributed by atoms with Gasteiger partial charge in [0.25, 0.3) is 11.1 Å². The second-order valence-electron chi connectivity index (χ2n) is 6.54. The number of rotatable bonds is 4. The van der Waals surface area contributed by atoms with E-state index >= 15 is 0 Å². The van der Waals surface area contributed by atoms with E-state index in [1.54, 1.807) is 6.08 Å². The van der Waals surface area contributed by atoms with Gasteiger partial charge >= 0.3 is 0 Å². The Bertz CT molecular complexity index is 1050. The molecular formula is C23H19NO2S. The zero-order valence-corrected chi connectivity index (χ0v) is 15.8. The molecule has 3 aromatic carbocycles. The van der Waals surface area contributed by atoms with E-state index in [1.165, 1.54) is 10.5 Å². The van der Waals surface area contributed by atoms with Crippen LogP contribution in [-0.4, -0.2) is 16.0 Å². The van der Waals surface area contributed by atoms with Crippen LogP contribution in [0.5, 0.6) is 0 Å². The van der Waals surface area contributed by atoms with E-state index in [-0.39, 0.29) is 11.1 Å². The number of thioether (sulfide) groups is 1. The molecule has 0 N–H and O–H groups in total. The number of hydrogen-bond donors (Lipinski definition) is 0. The normalized spacial score (nSPS) is 15.9. The topological polar surface area (TPSA) is 37.4 Å². The maximum atomic E-state index is 12.7. The number of nitrogens with zero attached hydrogens (tertiary/aromatic N) is 1. The van der Waals surface area contributed by atoms with Gasteiger partial charge in [0.15, 0.2) is 0 Å². The van der Waals surface area contributed by atoms with Crippen LogP contribution < -0.4 is 0 Å². The van der Waals surface area contributed by atoms with Crippen molar-refractivity contribution in [1.82, 2.24) is 4.90 Å². The number of imide groups is 1. The highest BCUT2D eigenvalue weighted by Gasteiger charge is 2.34. The summed E-state index contributed by atoms with van der Waals surface area (Å²) in [5.41, 5.74) is 3.13. The highest BCUT2D eigenvalue weighted by atomic mass is 32.2. The zero-order chi connectivity index (χ0) is 18.8. The fourth-order valence-corrected chi connectivity index (χ4v) is 4.00. The summed E-state index contributed by atoms with van der Waals surface area (Å²) >= 11 is 1.01. The minimum Gasteiger partial charge on any atom is -0.268 e. The summed E-state index contributed by atoms with van der Waals surface area (Å²) in [6.45, 7) is 2.40. The monoisotopic (exact) mass is 373 g/mol. The summed E-state index contributed by atoms with van der Waals surface area (Å²) in [5, 5.41) is 2.03. The Labute approximate surface area is 162 Å². The predicted molar refractivity (Wildman–Crippen MR) is 111 cm³/mol. The van der Waals surface area contributed by atoms with Gasteiger partial charge < -0.3 is 0 Å². The molecule has 1 heterocycles. The summed E-state index contributed by atoms with van der Waals surface area (Å²) in [5.74, 6) is -0.224. The number of carbonyl (C=O) groups excluding carboxylic acids is 2. The number of carbonyl (C=O) groups is 2. The van der Waals surface area contributed by atoms with Crippen LogP contribution in [0.15, 0.2) is 71.6 Å². The maximum Gasteiger partial charge on any atom is 0.293 e. The van der Waals surface area contributed by atoms with Crippen molar-refractivity contribution in [3.8, 4) is 0 Å². The lowest BCUT2D eigenvalue weighted by atomic mass is 10.1. The summed E-state index contributed by atoms with van der Waals surface area (Å²) < 4.78 is 0. The Morgan fingerprint density at radius 2 is 1.59 bits per heavy atom. The molecule has 0 atom stereocenters. The minimum absolute atomic E-state index is 0.218. The van der Waals surface area contributed by atoms with Crippen LogP contribution in [0.25, 0.3) is 16.8 Å². The number of hydrogen-bond acceptors (Lipinski definition) is 3. The number of aryl methyl sites for hydroxylation is 1. The van der Waals surface area contributed by atoms with Crippen molar-refractivity contribution in [2.75, 3.05) is 0 Å².